The van der Waals surface area contributed by atoms with Crippen molar-refractivity contribution in [3.05, 3.63) is 98.8 Å². The van der Waals surface area contributed by atoms with Crippen LogP contribution in [0.25, 0.3) is 10.1 Å². The number of benzene rings is 3. The molecule has 1 aliphatic rings. The predicted octanol–water partition coefficient (Wildman–Crippen LogP) is 7.58. The van der Waals surface area contributed by atoms with Crippen molar-refractivity contribution in [3.8, 4) is 0 Å². The molecule has 5 heteroatoms. The van der Waals surface area contributed by atoms with Crippen molar-refractivity contribution in [1.82, 2.24) is 4.90 Å². The van der Waals surface area contributed by atoms with Gasteiger partial charge in [-0.1, -0.05) is 59.6 Å². The number of thiophene rings is 1. The number of hydrogen-bond donors (Lipinski definition) is 0. The molecular formula is C26H24Cl2N2S. The minimum absolute atomic E-state index is 0.219. The van der Waals surface area contributed by atoms with Crippen molar-refractivity contribution in [2.24, 2.45) is 0 Å². The van der Waals surface area contributed by atoms with Crippen LogP contribution < -0.4 is 4.90 Å². The smallest absolute Gasteiger partial charge is 0.0670 e. The molecule has 0 bridgehead atoms. The van der Waals surface area contributed by atoms with Crippen LogP contribution in [0.1, 0.15) is 22.7 Å². The Balaban J connectivity index is 1.45. The number of halogens is 2. The monoisotopic (exact) mass is 466 g/mol. The Hall–Kier alpha value is -2.04. The fourth-order valence-corrected chi connectivity index (χ4v) is 5.91. The van der Waals surface area contributed by atoms with Gasteiger partial charge in [-0.05, 0) is 64.7 Å². The second kappa shape index (κ2) is 8.84. The first-order chi connectivity index (χ1) is 15.1. The van der Waals surface area contributed by atoms with Crippen LogP contribution in [0.2, 0.25) is 10.0 Å². The van der Waals surface area contributed by atoms with Crippen molar-refractivity contribution >= 4 is 50.3 Å². The van der Waals surface area contributed by atoms with Crippen molar-refractivity contribution < 1.29 is 0 Å². The number of anilines is 1. The lowest BCUT2D eigenvalue weighted by Crippen LogP contribution is -2.48. The van der Waals surface area contributed by atoms with Crippen molar-refractivity contribution in [3.63, 3.8) is 0 Å². The van der Waals surface area contributed by atoms with E-state index in [1.54, 1.807) is 0 Å². The average Bonchev–Trinajstić information content (AvgIpc) is 3.18. The molecule has 1 aromatic heterocycles. The van der Waals surface area contributed by atoms with E-state index in [-0.39, 0.29) is 6.04 Å². The summed E-state index contributed by atoms with van der Waals surface area (Å²) in [7, 11) is 0. The van der Waals surface area contributed by atoms with E-state index in [4.69, 9.17) is 23.2 Å². The highest BCUT2D eigenvalue weighted by molar-refractivity contribution is 7.17. The van der Waals surface area contributed by atoms with E-state index in [9.17, 15) is 0 Å². The van der Waals surface area contributed by atoms with Crippen LogP contribution in [0, 0.1) is 6.92 Å². The maximum Gasteiger partial charge on any atom is 0.0670 e. The van der Waals surface area contributed by atoms with Crippen LogP contribution in [0.3, 0.4) is 0 Å². The van der Waals surface area contributed by atoms with E-state index >= 15 is 0 Å². The number of rotatable bonds is 4. The molecule has 3 aromatic carbocycles. The lowest BCUT2D eigenvalue weighted by atomic mass is 10.0. The van der Waals surface area contributed by atoms with Gasteiger partial charge in [0.2, 0.25) is 0 Å². The summed E-state index contributed by atoms with van der Waals surface area (Å²) >= 11 is 14.7. The van der Waals surface area contributed by atoms with Crippen LogP contribution >= 0.6 is 34.5 Å². The number of piperazine rings is 1. The van der Waals surface area contributed by atoms with E-state index in [1.807, 2.05) is 23.5 Å². The minimum Gasteiger partial charge on any atom is -0.361 e. The molecule has 1 saturated heterocycles. The lowest BCUT2D eigenvalue weighted by molar-refractivity contribution is 0.216. The summed E-state index contributed by atoms with van der Waals surface area (Å²) < 4.78 is 1.36. The highest BCUT2D eigenvalue weighted by Gasteiger charge is 2.30. The predicted molar refractivity (Wildman–Crippen MR) is 135 cm³/mol. The second-order valence-corrected chi connectivity index (χ2v) is 9.96. The van der Waals surface area contributed by atoms with Crippen LogP contribution in [0.5, 0.6) is 0 Å². The van der Waals surface area contributed by atoms with Gasteiger partial charge in [0.05, 0.1) is 16.8 Å². The third kappa shape index (κ3) is 4.33. The standard InChI is InChI=1S/C26H24Cl2N2S/c1-18-6-11-24(23(28)14-18)30-13-12-29(16-25(30)19-7-9-21(27)10-8-19)15-20-17-31-26-5-3-2-4-22(20)26/h2-11,14,17,25H,12-13,15-16H2,1H3. The van der Waals surface area contributed by atoms with E-state index < -0.39 is 0 Å². The normalized spacial score (nSPS) is 17.4. The Kier molecular flexibility index (Phi) is 5.94. The van der Waals surface area contributed by atoms with Gasteiger partial charge in [-0.15, -0.1) is 11.3 Å². The van der Waals surface area contributed by atoms with Gasteiger partial charge in [-0.3, -0.25) is 4.90 Å². The van der Waals surface area contributed by atoms with E-state index in [2.05, 4.69) is 76.7 Å². The number of hydrogen-bond acceptors (Lipinski definition) is 3. The zero-order valence-corrected chi connectivity index (χ0v) is 19.7. The first-order valence-corrected chi connectivity index (χ1v) is 12.2. The summed E-state index contributed by atoms with van der Waals surface area (Å²) in [5.41, 5.74) is 4.96. The molecule has 31 heavy (non-hydrogen) atoms. The SMILES string of the molecule is Cc1ccc(N2CCN(Cc3csc4ccccc34)CC2c2ccc(Cl)cc2)c(Cl)c1. The summed E-state index contributed by atoms with van der Waals surface area (Å²) in [5, 5.41) is 5.27. The molecule has 1 unspecified atom stereocenters. The molecule has 4 aromatic rings. The van der Waals surface area contributed by atoms with Crippen LogP contribution in [-0.2, 0) is 6.54 Å². The Morgan fingerprint density at radius 1 is 0.968 bits per heavy atom. The van der Waals surface area contributed by atoms with E-state index in [0.29, 0.717) is 0 Å². The molecular weight excluding hydrogens is 443 g/mol. The molecule has 0 amide bonds. The van der Waals surface area contributed by atoms with Gasteiger partial charge in [0.15, 0.2) is 0 Å². The quantitative estimate of drug-likeness (QED) is 0.305. The zero-order chi connectivity index (χ0) is 21.4. The second-order valence-electron chi connectivity index (χ2n) is 8.21. The van der Waals surface area contributed by atoms with Gasteiger partial charge >= 0.3 is 0 Å². The molecule has 0 radical (unpaired) electrons. The molecule has 1 atom stereocenters. The molecule has 2 heterocycles. The largest absolute Gasteiger partial charge is 0.361 e. The fraction of sp³-hybridized carbons (Fsp3) is 0.231. The van der Waals surface area contributed by atoms with Crippen molar-refractivity contribution in [1.29, 1.82) is 0 Å². The van der Waals surface area contributed by atoms with Gasteiger partial charge in [-0.25, -0.2) is 0 Å². The summed E-state index contributed by atoms with van der Waals surface area (Å²) in [4.78, 5) is 5.01. The molecule has 0 spiro atoms. The van der Waals surface area contributed by atoms with Gasteiger partial charge < -0.3 is 4.90 Å². The highest BCUT2D eigenvalue weighted by Crippen LogP contribution is 2.37. The number of fused-ring (bicyclic) bond motifs is 1. The average molecular weight is 467 g/mol. The molecule has 0 aliphatic carbocycles. The Bertz CT molecular complexity index is 1200. The molecule has 5 rings (SSSR count). The topological polar surface area (TPSA) is 6.48 Å². The maximum atomic E-state index is 6.68. The van der Waals surface area contributed by atoms with Gasteiger partial charge in [-0.2, -0.15) is 0 Å². The fourth-order valence-electron chi connectivity index (χ4n) is 4.48. The molecule has 158 valence electrons. The summed E-state index contributed by atoms with van der Waals surface area (Å²) in [5.74, 6) is 0. The summed E-state index contributed by atoms with van der Waals surface area (Å²) in [6.07, 6.45) is 0. The van der Waals surface area contributed by atoms with Crippen molar-refractivity contribution in [2.45, 2.75) is 19.5 Å². The van der Waals surface area contributed by atoms with Crippen LogP contribution in [-0.4, -0.2) is 24.5 Å². The zero-order valence-electron chi connectivity index (χ0n) is 17.4. The van der Waals surface area contributed by atoms with Gasteiger partial charge in [0.25, 0.3) is 0 Å². The van der Waals surface area contributed by atoms with Crippen LogP contribution in [0.15, 0.2) is 72.1 Å². The first kappa shape index (κ1) is 20.8. The number of nitrogens with zero attached hydrogens (tertiary/aromatic N) is 2. The highest BCUT2D eigenvalue weighted by atomic mass is 35.5. The molecule has 0 saturated carbocycles. The van der Waals surface area contributed by atoms with Crippen LogP contribution in [0.4, 0.5) is 5.69 Å². The molecule has 2 nitrogen and oxygen atoms in total. The summed E-state index contributed by atoms with van der Waals surface area (Å²) in [6.45, 7) is 5.91. The Morgan fingerprint density at radius 3 is 2.58 bits per heavy atom. The maximum absolute atomic E-state index is 6.68. The summed E-state index contributed by atoms with van der Waals surface area (Å²) in [6, 6.07) is 23.5. The lowest BCUT2D eigenvalue weighted by Gasteiger charge is -2.43. The van der Waals surface area contributed by atoms with E-state index in [1.165, 1.54) is 26.8 Å². The number of aryl methyl sites for hydroxylation is 1. The molecule has 1 fully saturated rings. The minimum atomic E-state index is 0.219. The first-order valence-electron chi connectivity index (χ1n) is 10.5. The van der Waals surface area contributed by atoms with Crippen molar-refractivity contribution in [2.75, 3.05) is 24.5 Å². The third-order valence-corrected chi connectivity index (χ3v) is 7.65. The Labute approximate surface area is 197 Å². The van der Waals surface area contributed by atoms with Gasteiger partial charge in [0.1, 0.15) is 0 Å². The molecule has 0 N–H and O–H groups in total. The molecule has 1 aliphatic heterocycles. The third-order valence-electron chi connectivity index (χ3n) is 6.09. The van der Waals surface area contributed by atoms with E-state index in [0.717, 1.165) is 41.9 Å². The Morgan fingerprint density at radius 2 is 1.77 bits per heavy atom. The van der Waals surface area contributed by atoms with Gasteiger partial charge in [0, 0.05) is 35.9 Å².